The Labute approximate surface area is 192 Å². The molecule has 0 aliphatic heterocycles. The highest BCUT2D eigenvalue weighted by atomic mass is 16.6. The third-order valence-corrected chi connectivity index (χ3v) is 5.31. The van der Waals surface area contributed by atoms with Gasteiger partial charge in [-0.1, -0.05) is 103 Å². The normalized spacial score (nSPS) is 10.9. The molecule has 0 atom stereocenters. The number of hydrogen-bond acceptors (Lipinski definition) is 5. The Kier molecular flexibility index (Phi) is 26.0. The summed E-state index contributed by atoms with van der Waals surface area (Å²) in [4.78, 5) is 11.7. The second-order valence-electron chi connectivity index (χ2n) is 8.18. The summed E-state index contributed by atoms with van der Waals surface area (Å²) in [5, 5.41) is 0. The number of rotatable bonds is 26. The quantitative estimate of drug-likeness (QED) is 0.0821. The fourth-order valence-electron chi connectivity index (χ4n) is 3.44. The van der Waals surface area contributed by atoms with Crippen molar-refractivity contribution < 1.29 is 23.7 Å². The van der Waals surface area contributed by atoms with Crippen molar-refractivity contribution in [3.63, 3.8) is 0 Å². The molecule has 0 aliphatic carbocycles. The lowest BCUT2D eigenvalue weighted by molar-refractivity contribution is -0.145. The molecule has 0 aliphatic rings. The van der Waals surface area contributed by atoms with Crippen molar-refractivity contribution >= 4 is 5.97 Å². The number of unbranched alkanes of at least 4 members (excludes halogenated alkanes) is 14. The second-order valence-corrected chi connectivity index (χ2v) is 8.18. The van der Waals surface area contributed by atoms with Crippen LogP contribution in [0.1, 0.15) is 110 Å². The molecule has 0 amide bonds. The fraction of sp³-hybridized carbons (Fsp3) is 0.885. The van der Waals surface area contributed by atoms with E-state index in [0.717, 1.165) is 12.8 Å². The van der Waals surface area contributed by atoms with Crippen LogP contribution in [0.3, 0.4) is 0 Å². The SMILES string of the molecule is C=COCCOCCOCCOC(=O)CCCCCCCCCCCCCCCCC. The van der Waals surface area contributed by atoms with E-state index in [1.54, 1.807) is 0 Å². The average Bonchev–Trinajstić information content (AvgIpc) is 2.77. The molecule has 0 unspecified atom stereocenters. The first-order chi connectivity index (χ1) is 15.3. The molecule has 0 spiro atoms. The van der Waals surface area contributed by atoms with Gasteiger partial charge in [-0.2, -0.15) is 0 Å². The Morgan fingerprint density at radius 3 is 1.52 bits per heavy atom. The minimum Gasteiger partial charge on any atom is -0.499 e. The topological polar surface area (TPSA) is 54.0 Å². The van der Waals surface area contributed by atoms with Crippen LogP contribution in [0.5, 0.6) is 0 Å². The zero-order valence-corrected chi connectivity index (χ0v) is 20.4. The molecule has 0 N–H and O–H groups in total. The average molecular weight is 443 g/mol. The molecule has 5 heteroatoms. The molecule has 0 heterocycles. The highest BCUT2D eigenvalue weighted by Crippen LogP contribution is 2.13. The van der Waals surface area contributed by atoms with Crippen LogP contribution >= 0.6 is 0 Å². The molecule has 0 rings (SSSR count). The zero-order chi connectivity index (χ0) is 22.7. The summed E-state index contributed by atoms with van der Waals surface area (Å²) in [6, 6.07) is 0. The Balaban J connectivity index is 3.14. The largest absolute Gasteiger partial charge is 0.499 e. The van der Waals surface area contributed by atoms with E-state index in [-0.39, 0.29) is 5.97 Å². The third-order valence-electron chi connectivity index (χ3n) is 5.31. The van der Waals surface area contributed by atoms with E-state index in [1.165, 1.54) is 89.7 Å². The third kappa shape index (κ3) is 26.9. The molecule has 184 valence electrons. The van der Waals surface area contributed by atoms with E-state index in [9.17, 15) is 4.79 Å². The van der Waals surface area contributed by atoms with Crippen molar-refractivity contribution in [2.45, 2.75) is 110 Å². The van der Waals surface area contributed by atoms with Crippen molar-refractivity contribution in [3.8, 4) is 0 Å². The maximum atomic E-state index is 11.7. The summed E-state index contributed by atoms with van der Waals surface area (Å²) in [5.74, 6) is -0.115. The molecule has 0 saturated carbocycles. The van der Waals surface area contributed by atoms with Crippen molar-refractivity contribution in [2.24, 2.45) is 0 Å². The molecule has 0 aromatic rings. The summed E-state index contributed by atoms with van der Waals surface area (Å²) >= 11 is 0. The smallest absolute Gasteiger partial charge is 0.305 e. The predicted molar refractivity (Wildman–Crippen MR) is 128 cm³/mol. The van der Waals surface area contributed by atoms with Gasteiger partial charge in [0, 0.05) is 6.42 Å². The second kappa shape index (κ2) is 27.0. The fourth-order valence-corrected chi connectivity index (χ4v) is 3.44. The van der Waals surface area contributed by atoms with Gasteiger partial charge in [-0.15, -0.1) is 0 Å². The van der Waals surface area contributed by atoms with E-state index in [1.807, 2.05) is 0 Å². The Bertz CT molecular complexity index is 373. The first-order valence-corrected chi connectivity index (χ1v) is 12.8. The molecule has 0 fully saturated rings. The lowest BCUT2D eigenvalue weighted by Gasteiger charge is -2.07. The lowest BCUT2D eigenvalue weighted by Crippen LogP contribution is -2.13. The van der Waals surface area contributed by atoms with Crippen molar-refractivity contribution in [1.29, 1.82) is 0 Å². The molecule has 0 aromatic heterocycles. The highest BCUT2D eigenvalue weighted by molar-refractivity contribution is 5.69. The monoisotopic (exact) mass is 442 g/mol. The van der Waals surface area contributed by atoms with Gasteiger partial charge in [0.05, 0.1) is 32.7 Å². The van der Waals surface area contributed by atoms with Crippen LogP contribution in [0.4, 0.5) is 0 Å². The molecular weight excluding hydrogens is 392 g/mol. The van der Waals surface area contributed by atoms with Crippen LogP contribution in [-0.2, 0) is 23.7 Å². The number of carbonyl (C=O) groups is 1. The maximum absolute atomic E-state index is 11.7. The number of carbonyl (C=O) groups excluding carboxylic acids is 1. The van der Waals surface area contributed by atoms with Crippen LogP contribution in [0.25, 0.3) is 0 Å². The number of esters is 1. The van der Waals surface area contributed by atoms with Crippen molar-refractivity contribution in [2.75, 3.05) is 39.6 Å². The maximum Gasteiger partial charge on any atom is 0.305 e. The lowest BCUT2D eigenvalue weighted by atomic mass is 10.0. The van der Waals surface area contributed by atoms with Crippen molar-refractivity contribution in [3.05, 3.63) is 12.8 Å². The summed E-state index contributed by atoms with van der Waals surface area (Å²) in [6.07, 6.45) is 21.8. The van der Waals surface area contributed by atoms with E-state index in [4.69, 9.17) is 18.9 Å². The van der Waals surface area contributed by atoms with E-state index in [2.05, 4.69) is 13.5 Å². The van der Waals surface area contributed by atoms with E-state index in [0.29, 0.717) is 46.1 Å². The van der Waals surface area contributed by atoms with Crippen LogP contribution in [0, 0.1) is 0 Å². The van der Waals surface area contributed by atoms with Gasteiger partial charge in [-0.25, -0.2) is 0 Å². The zero-order valence-electron chi connectivity index (χ0n) is 20.4. The molecule has 0 bridgehead atoms. The molecular formula is C26H50O5. The summed E-state index contributed by atoms with van der Waals surface area (Å²) in [6.45, 7) is 8.48. The van der Waals surface area contributed by atoms with Crippen molar-refractivity contribution in [1.82, 2.24) is 0 Å². The molecule has 0 saturated heterocycles. The van der Waals surface area contributed by atoms with Gasteiger partial charge in [0.15, 0.2) is 0 Å². The van der Waals surface area contributed by atoms with Crippen LogP contribution in [-0.4, -0.2) is 45.6 Å². The predicted octanol–water partition coefficient (Wildman–Crippen LogP) is 6.98. The number of ether oxygens (including phenoxy) is 4. The van der Waals surface area contributed by atoms with Gasteiger partial charge < -0.3 is 18.9 Å². The molecule has 0 radical (unpaired) electrons. The number of hydrogen-bond donors (Lipinski definition) is 0. The van der Waals surface area contributed by atoms with Gasteiger partial charge in [0.25, 0.3) is 0 Å². The van der Waals surface area contributed by atoms with E-state index < -0.39 is 0 Å². The molecule has 31 heavy (non-hydrogen) atoms. The summed E-state index contributed by atoms with van der Waals surface area (Å²) in [7, 11) is 0. The Morgan fingerprint density at radius 2 is 1.03 bits per heavy atom. The summed E-state index contributed by atoms with van der Waals surface area (Å²) in [5.41, 5.74) is 0. The Morgan fingerprint density at radius 1 is 0.613 bits per heavy atom. The highest BCUT2D eigenvalue weighted by Gasteiger charge is 2.02. The van der Waals surface area contributed by atoms with Gasteiger partial charge in [0.1, 0.15) is 13.2 Å². The molecule has 0 aromatic carbocycles. The van der Waals surface area contributed by atoms with Crippen LogP contribution in [0.2, 0.25) is 0 Å². The standard InChI is InChI=1S/C26H50O5/c1-3-5-6-7-8-9-10-11-12-13-14-15-16-17-18-19-26(27)31-25-24-30-23-22-29-21-20-28-4-2/h4H,2-3,5-25H2,1H3. The van der Waals surface area contributed by atoms with Crippen LogP contribution in [0.15, 0.2) is 12.8 Å². The first-order valence-electron chi connectivity index (χ1n) is 12.8. The summed E-state index contributed by atoms with van der Waals surface area (Å²) < 4.78 is 20.8. The molecule has 5 nitrogen and oxygen atoms in total. The first kappa shape index (κ1) is 29.9. The minimum absolute atomic E-state index is 0.115. The van der Waals surface area contributed by atoms with Crippen LogP contribution < -0.4 is 0 Å². The van der Waals surface area contributed by atoms with E-state index >= 15 is 0 Å². The van der Waals surface area contributed by atoms with Gasteiger partial charge in [-0.3, -0.25) is 4.79 Å². The van der Waals surface area contributed by atoms with Gasteiger partial charge >= 0.3 is 5.97 Å². The van der Waals surface area contributed by atoms with Gasteiger partial charge in [0.2, 0.25) is 0 Å². The minimum atomic E-state index is -0.115. The Hall–Kier alpha value is -1.07. The van der Waals surface area contributed by atoms with Gasteiger partial charge in [-0.05, 0) is 6.42 Å².